The van der Waals surface area contributed by atoms with Crippen molar-refractivity contribution in [3.05, 3.63) is 71.4 Å². The molecule has 0 spiro atoms. The molecule has 0 aromatic carbocycles. The molecule has 0 aliphatic heterocycles. The van der Waals surface area contributed by atoms with E-state index in [1.54, 1.807) is 0 Å². The van der Waals surface area contributed by atoms with Gasteiger partial charge in [-0.1, -0.05) is 12.1 Å². The summed E-state index contributed by atoms with van der Waals surface area (Å²) in [5, 5.41) is 11.1. The molecule has 7 heteroatoms. The van der Waals surface area contributed by atoms with Crippen molar-refractivity contribution >= 4 is 5.96 Å². The Kier molecular flexibility index (Phi) is 6.73. The number of aromatic nitrogens is 4. The first-order valence-electron chi connectivity index (χ1n) is 9.56. The average Bonchev–Trinajstić information content (AvgIpc) is 3.05. The summed E-state index contributed by atoms with van der Waals surface area (Å²) in [6.45, 7) is 8.21. The quantitative estimate of drug-likeness (QED) is 0.489. The molecule has 0 bridgehead atoms. The SMILES string of the molecule is CCNC(=NCc1ccc(-n2nc(C)cc2C)nc1)NCCc1ccccn1. The van der Waals surface area contributed by atoms with Crippen LogP contribution >= 0.6 is 0 Å². The second-order valence-corrected chi connectivity index (χ2v) is 6.56. The Labute approximate surface area is 166 Å². The van der Waals surface area contributed by atoms with E-state index in [2.05, 4.69) is 37.6 Å². The molecule has 3 aromatic heterocycles. The van der Waals surface area contributed by atoms with Crippen molar-refractivity contribution in [3.63, 3.8) is 0 Å². The number of aliphatic imine (C=N–C) groups is 1. The molecule has 3 rings (SSSR count). The van der Waals surface area contributed by atoms with E-state index < -0.39 is 0 Å². The van der Waals surface area contributed by atoms with Crippen LogP contribution in [0, 0.1) is 13.8 Å². The predicted octanol–water partition coefficient (Wildman–Crippen LogP) is 2.58. The second kappa shape index (κ2) is 9.64. The first-order valence-corrected chi connectivity index (χ1v) is 9.56. The van der Waals surface area contributed by atoms with Crippen molar-refractivity contribution < 1.29 is 0 Å². The molecule has 0 aliphatic rings. The molecular weight excluding hydrogens is 350 g/mol. The Morgan fingerprint density at radius 2 is 2.00 bits per heavy atom. The molecule has 0 atom stereocenters. The molecule has 146 valence electrons. The van der Waals surface area contributed by atoms with Crippen LogP contribution in [0.25, 0.3) is 5.82 Å². The molecule has 0 radical (unpaired) electrons. The van der Waals surface area contributed by atoms with E-state index >= 15 is 0 Å². The third kappa shape index (κ3) is 5.39. The third-order valence-electron chi connectivity index (χ3n) is 4.20. The van der Waals surface area contributed by atoms with Gasteiger partial charge in [-0.2, -0.15) is 5.10 Å². The Bertz CT molecular complexity index is 898. The number of hydrogen-bond donors (Lipinski definition) is 2. The molecule has 7 nitrogen and oxygen atoms in total. The number of pyridine rings is 2. The predicted molar refractivity (Wildman–Crippen MR) is 112 cm³/mol. The molecule has 0 amide bonds. The maximum absolute atomic E-state index is 4.65. The van der Waals surface area contributed by atoms with E-state index in [1.807, 2.05) is 67.3 Å². The van der Waals surface area contributed by atoms with Crippen molar-refractivity contribution in [1.29, 1.82) is 0 Å². The number of guanidine groups is 1. The number of hydrogen-bond acceptors (Lipinski definition) is 4. The highest BCUT2D eigenvalue weighted by Gasteiger charge is 2.05. The summed E-state index contributed by atoms with van der Waals surface area (Å²) in [5.74, 6) is 1.61. The van der Waals surface area contributed by atoms with Gasteiger partial charge in [0.25, 0.3) is 0 Å². The summed E-state index contributed by atoms with van der Waals surface area (Å²) < 4.78 is 1.85. The lowest BCUT2D eigenvalue weighted by atomic mass is 10.3. The summed E-state index contributed by atoms with van der Waals surface area (Å²) in [4.78, 5) is 13.5. The molecule has 3 heterocycles. The van der Waals surface area contributed by atoms with Crippen LogP contribution < -0.4 is 10.6 Å². The van der Waals surface area contributed by atoms with E-state index in [0.717, 1.165) is 53.9 Å². The normalized spacial score (nSPS) is 11.5. The summed E-state index contributed by atoms with van der Waals surface area (Å²) >= 11 is 0. The van der Waals surface area contributed by atoms with Crippen molar-refractivity contribution in [2.24, 2.45) is 4.99 Å². The molecule has 0 saturated heterocycles. The van der Waals surface area contributed by atoms with Gasteiger partial charge in [0.15, 0.2) is 11.8 Å². The van der Waals surface area contributed by atoms with Crippen LogP contribution in [0.5, 0.6) is 0 Å². The highest BCUT2D eigenvalue weighted by molar-refractivity contribution is 5.79. The largest absolute Gasteiger partial charge is 0.357 e. The summed E-state index contributed by atoms with van der Waals surface area (Å²) in [5.41, 5.74) is 4.17. The molecule has 28 heavy (non-hydrogen) atoms. The van der Waals surface area contributed by atoms with Gasteiger partial charge < -0.3 is 10.6 Å². The fourth-order valence-corrected chi connectivity index (χ4v) is 2.86. The van der Waals surface area contributed by atoms with Gasteiger partial charge in [0.2, 0.25) is 0 Å². The minimum Gasteiger partial charge on any atom is -0.357 e. The molecule has 0 unspecified atom stereocenters. The topological polar surface area (TPSA) is 80.0 Å². The van der Waals surface area contributed by atoms with Crippen LogP contribution in [0.1, 0.15) is 29.6 Å². The maximum Gasteiger partial charge on any atom is 0.191 e. The minimum atomic E-state index is 0.559. The van der Waals surface area contributed by atoms with E-state index in [0.29, 0.717) is 6.54 Å². The first-order chi connectivity index (χ1) is 13.7. The van der Waals surface area contributed by atoms with Crippen LogP contribution in [0.3, 0.4) is 0 Å². The third-order valence-corrected chi connectivity index (χ3v) is 4.20. The number of nitrogens with zero attached hydrogens (tertiary/aromatic N) is 5. The standard InChI is InChI=1S/C21H27N7/c1-4-22-21(24-12-10-19-7-5-6-11-23-19)26-15-18-8-9-20(25-14-18)28-17(3)13-16(2)27-28/h5-9,11,13-14H,4,10,12,15H2,1-3H3,(H2,22,24,26). The monoisotopic (exact) mass is 377 g/mol. The average molecular weight is 377 g/mol. The van der Waals surface area contributed by atoms with Gasteiger partial charge in [-0.25, -0.2) is 14.7 Å². The van der Waals surface area contributed by atoms with Gasteiger partial charge >= 0.3 is 0 Å². The van der Waals surface area contributed by atoms with Gasteiger partial charge in [0, 0.05) is 43.3 Å². The number of nitrogens with one attached hydrogen (secondary N) is 2. The fourth-order valence-electron chi connectivity index (χ4n) is 2.86. The lowest BCUT2D eigenvalue weighted by Crippen LogP contribution is -2.38. The van der Waals surface area contributed by atoms with Gasteiger partial charge in [0.05, 0.1) is 12.2 Å². The van der Waals surface area contributed by atoms with Gasteiger partial charge in [-0.15, -0.1) is 0 Å². The Hall–Kier alpha value is -3.22. The number of aryl methyl sites for hydroxylation is 2. The van der Waals surface area contributed by atoms with Crippen molar-refractivity contribution in [1.82, 2.24) is 30.4 Å². The van der Waals surface area contributed by atoms with E-state index in [4.69, 9.17) is 0 Å². The zero-order chi connectivity index (χ0) is 19.8. The van der Waals surface area contributed by atoms with Gasteiger partial charge in [0.1, 0.15) is 0 Å². The molecule has 2 N–H and O–H groups in total. The van der Waals surface area contributed by atoms with E-state index in [1.165, 1.54) is 0 Å². The lowest BCUT2D eigenvalue weighted by molar-refractivity contribution is 0.786. The van der Waals surface area contributed by atoms with Crippen LogP contribution in [0.4, 0.5) is 0 Å². The Morgan fingerprint density at radius 3 is 2.64 bits per heavy atom. The van der Waals surface area contributed by atoms with Gasteiger partial charge in [-0.05, 0) is 50.6 Å². The van der Waals surface area contributed by atoms with Gasteiger partial charge in [-0.3, -0.25) is 4.98 Å². The molecule has 3 aromatic rings. The second-order valence-electron chi connectivity index (χ2n) is 6.56. The molecule has 0 fully saturated rings. The molecular formula is C21H27N7. The summed E-state index contributed by atoms with van der Waals surface area (Å²) in [6, 6.07) is 12.0. The molecule has 0 saturated carbocycles. The highest BCUT2D eigenvalue weighted by atomic mass is 15.3. The highest BCUT2D eigenvalue weighted by Crippen LogP contribution is 2.10. The Morgan fingerprint density at radius 1 is 1.11 bits per heavy atom. The smallest absolute Gasteiger partial charge is 0.191 e. The van der Waals surface area contributed by atoms with E-state index in [-0.39, 0.29) is 0 Å². The van der Waals surface area contributed by atoms with Crippen LogP contribution in [-0.4, -0.2) is 38.8 Å². The zero-order valence-corrected chi connectivity index (χ0v) is 16.7. The van der Waals surface area contributed by atoms with Crippen molar-refractivity contribution in [2.45, 2.75) is 33.7 Å². The van der Waals surface area contributed by atoms with Crippen molar-refractivity contribution in [3.8, 4) is 5.82 Å². The van der Waals surface area contributed by atoms with E-state index in [9.17, 15) is 0 Å². The number of rotatable bonds is 7. The van der Waals surface area contributed by atoms with Crippen LogP contribution in [0.15, 0.2) is 53.8 Å². The first kappa shape index (κ1) is 19.5. The molecule has 0 aliphatic carbocycles. The van der Waals surface area contributed by atoms with Crippen LogP contribution in [-0.2, 0) is 13.0 Å². The Balaban J connectivity index is 1.58. The zero-order valence-electron chi connectivity index (χ0n) is 16.7. The lowest BCUT2D eigenvalue weighted by Gasteiger charge is -2.11. The summed E-state index contributed by atoms with van der Waals surface area (Å²) in [7, 11) is 0. The maximum atomic E-state index is 4.65. The minimum absolute atomic E-state index is 0.559. The van der Waals surface area contributed by atoms with Crippen LogP contribution in [0.2, 0.25) is 0 Å². The van der Waals surface area contributed by atoms with Crippen molar-refractivity contribution in [2.75, 3.05) is 13.1 Å². The fraction of sp³-hybridized carbons (Fsp3) is 0.333. The summed E-state index contributed by atoms with van der Waals surface area (Å²) in [6.07, 6.45) is 4.52.